The van der Waals surface area contributed by atoms with Crippen LogP contribution in [0.25, 0.3) is 0 Å². The Labute approximate surface area is 153 Å². The van der Waals surface area contributed by atoms with Crippen molar-refractivity contribution in [3.63, 3.8) is 0 Å². The van der Waals surface area contributed by atoms with E-state index in [9.17, 15) is 15.0 Å². The fourth-order valence-corrected chi connectivity index (χ4v) is 2.96. The quantitative estimate of drug-likeness (QED) is 0.839. The number of aromatic nitrogens is 2. The Morgan fingerprint density at radius 1 is 1.28 bits per heavy atom. The highest BCUT2D eigenvalue weighted by Crippen LogP contribution is 2.33. The maximum Gasteiger partial charge on any atom is 0.274 e. The number of hydrogen-bond donors (Lipinski definition) is 2. The normalized spacial score (nSPS) is 19.9. The van der Waals surface area contributed by atoms with E-state index in [-0.39, 0.29) is 29.7 Å². The smallest absolute Gasteiger partial charge is 0.274 e. The number of β-amino-alcohol motifs (C(OH)–C–C–N with tert-alkyl or cyclic N) is 1. The first-order valence-electron chi connectivity index (χ1n) is 7.55. The molecule has 9 heteroatoms. The van der Waals surface area contributed by atoms with Crippen LogP contribution in [0, 0.1) is 0 Å². The number of likely N-dealkylation sites (tertiary alicyclic amines) is 1. The first kappa shape index (κ1) is 17.9. The molecule has 0 radical (unpaired) electrons. The zero-order valence-corrected chi connectivity index (χ0v) is 14.5. The largest absolute Gasteiger partial charge is 0.436 e. The second-order valence-corrected chi connectivity index (χ2v) is 6.38. The van der Waals surface area contributed by atoms with E-state index in [2.05, 4.69) is 10.2 Å². The minimum atomic E-state index is -0.651. The van der Waals surface area contributed by atoms with Crippen LogP contribution >= 0.6 is 23.2 Å². The monoisotopic (exact) mass is 383 g/mol. The van der Waals surface area contributed by atoms with Crippen LogP contribution in [0.1, 0.15) is 16.9 Å². The Kier molecular flexibility index (Phi) is 5.39. The van der Waals surface area contributed by atoms with Crippen LogP contribution in [-0.2, 0) is 0 Å². The Hall–Kier alpha value is -1.93. The summed E-state index contributed by atoms with van der Waals surface area (Å²) in [5, 5.41) is 27.3. The highest BCUT2D eigenvalue weighted by molar-refractivity contribution is 6.42. The van der Waals surface area contributed by atoms with Crippen LogP contribution in [-0.4, -0.2) is 56.5 Å². The van der Waals surface area contributed by atoms with Crippen LogP contribution in [0.2, 0.25) is 10.0 Å². The van der Waals surface area contributed by atoms with Gasteiger partial charge in [0.1, 0.15) is 10.8 Å². The van der Waals surface area contributed by atoms with E-state index in [1.807, 2.05) is 0 Å². The maximum absolute atomic E-state index is 12.5. The Morgan fingerprint density at radius 2 is 2.08 bits per heavy atom. The molecule has 25 heavy (non-hydrogen) atoms. The molecule has 1 fully saturated rings. The molecule has 2 atom stereocenters. The molecule has 0 aliphatic carbocycles. The van der Waals surface area contributed by atoms with Crippen molar-refractivity contribution in [3.05, 3.63) is 46.1 Å². The van der Waals surface area contributed by atoms with Crippen molar-refractivity contribution >= 4 is 29.1 Å². The number of aliphatic hydroxyl groups is 2. The van der Waals surface area contributed by atoms with E-state index in [0.717, 1.165) is 0 Å². The number of carbonyl (C=O) groups excluding carboxylic acids is 1. The Bertz CT molecular complexity index is 772. The van der Waals surface area contributed by atoms with Gasteiger partial charge in [0.25, 0.3) is 5.91 Å². The summed E-state index contributed by atoms with van der Waals surface area (Å²) in [4.78, 5) is 13.8. The molecule has 0 bridgehead atoms. The van der Waals surface area contributed by atoms with E-state index in [1.54, 1.807) is 18.2 Å². The molecule has 1 aliphatic heterocycles. The summed E-state index contributed by atoms with van der Waals surface area (Å²) in [7, 11) is 0. The minimum Gasteiger partial charge on any atom is -0.436 e. The molecule has 2 heterocycles. The fourth-order valence-electron chi connectivity index (χ4n) is 2.62. The second-order valence-electron chi connectivity index (χ2n) is 5.59. The predicted octanol–water partition coefficient (Wildman–Crippen LogP) is 2.14. The van der Waals surface area contributed by atoms with Gasteiger partial charge in [0.05, 0.1) is 23.8 Å². The van der Waals surface area contributed by atoms with E-state index in [0.29, 0.717) is 17.2 Å². The van der Waals surface area contributed by atoms with Gasteiger partial charge in [0, 0.05) is 12.6 Å². The molecule has 0 saturated carbocycles. The van der Waals surface area contributed by atoms with Gasteiger partial charge in [-0.1, -0.05) is 29.3 Å². The molecule has 1 saturated heterocycles. The molecule has 1 aromatic carbocycles. The molecule has 1 amide bonds. The molecule has 7 nitrogen and oxygen atoms in total. The summed E-state index contributed by atoms with van der Waals surface area (Å²) in [6, 6.07) is 7.46. The molecule has 2 aromatic rings. The average molecular weight is 384 g/mol. The third-order valence-corrected chi connectivity index (χ3v) is 4.66. The number of hydrogen-bond acceptors (Lipinski definition) is 6. The number of carbonyl (C=O) groups is 1. The van der Waals surface area contributed by atoms with Crippen LogP contribution in [0.3, 0.4) is 0 Å². The number of rotatable bonds is 4. The van der Waals surface area contributed by atoms with Gasteiger partial charge < -0.3 is 19.8 Å². The number of halogens is 2. The molecule has 0 spiro atoms. The molecular weight excluding hydrogens is 369 g/mol. The zero-order chi connectivity index (χ0) is 18.0. The molecule has 0 unspecified atom stereocenters. The third kappa shape index (κ3) is 3.85. The minimum absolute atomic E-state index is 0.0945. The number of amides is 1. The topological polar surface area (TPSA) is 95.8 Å². The van der Waals surface area contributed by atoms with E-state index in [1.165, 1.54) is 17.0 Å². The summed E-state index contributed by atoms with van der Waals surface area (Å²) in [5.41, 5.74) is 0.0945. The maximum atomic E-state index is 12.5. The van der Waals surface area contributed by atoms with E-state index >= 15 is 0 Å². The Morgan fingerprint density at radius 3 is 2.76 bits per heavy atom. The van der Waals surface area contributed by atoms with Gasteiger partial charge in [-0.15, -0.1) is 10.2 Å². The van der Waals surface area contributed by atoms with E-state index < -0.39 is 18.1 Å². The lowest BCUT2D eigenvalue weighted by Crippen LogP contribution is -2.38. The van der Waals surface area contributed by atoms with Gasteiger partial charge in [-0.25, -0.2) is 0 Å². The lowest BCUT2D eigenvalue weighted by atomic mass is 10.2. The lowest BCUT2D eigenvalue weighted by molar-refractivity contribution is 0.0657. The highest BCUT2D eigenvalue weighted by Gasteiger charge is 2.34. The number of nitrogens with zero attached hydrogens (tertiary/aromatic N) is 3. The predicted molar refractivity (Wildman–Crippen MR) is 91.1 cm³/mol. The van der Waals surface area contributed by atoms with Gasteiger partial charge in [-0.2, -0.15) is 0 Å². The van der Waals surface area contributed by atoms with Crippen molar-refractivity contribution in [1.82, 2.24) is 15.1 Å². The summed E-state index contributed by atoms with van der Waals surface area (Å²) < 4.78 is 5.51. The molecule has 1 aliphatic rings. The summed E-state index contributed by atoms with van der Waals surface area (Å²) in [5.74, 6) is 0.0712. The fraction of sp³-hybridized carbons (Fsp3) is 0.312. The number of ether oxygens (including phenoxy) is 1. The van der Waals surface area contributed by atoms with Gasteiger partial charge in [-0.3, -0.25) is 4.79 Å². The summed E-state index contributed by atoms with van der Waals surface area (Å²) in [6.07, 6.45) is -0.314. The number of benzene rings is 1. The molecule has 1 aromatic heterocycles. The van der Waals surface area contributed by atoms with Crippen molar-refractivity contribution in [2.45, 2.75) is 18.6 Å². The van der Waals surface area contributed by atoms with Crippen molar-refractivity contribution in [2.24, 2.45) is 0 Å². The van der Waals surface area contributed by atoms with Crippen molar-refractivity contribution < 1.29 is 19.7 Å². The first-order valence-corrected chi connectivity index (χ1v) is 8.30. The third-order valence-electron chi connectivity index (χ3n) is 3.85. The summed E-state index contributed by atoms with van der Waals surface area (Å²) >= 11 is 12.0. The molecule has 2 N–H and O–H groups in total. The van der Waals surface area contributed by atoms with Crippen LogP contribution in [0.4, 0.5) is 0 Å². The van der Waals surface area contributed by atoms with Crippen molar-refractivity contribution in [1.29, 1.82) is 0 Å². The molecular formula is C16H15Cl2N3O4. The van der Waals surface area contributed by atoms with Gasteiger partial charge >= 0.3 is 0 Å². The van der Waals surface area contributed by atoms with E-state index in [4.69, 9.17) is 27.9 Å². The van der Waals surface area contributed by atoms with Gasteiger partial charge in [-0.05, 0) is 24.6 Å². The molecule has 3 rings (SSSR count). The van der Waals surface area contributed by atoms with Crippen molar-refractivity contribution in [3.8, 4) is 11.6 Å². The van der Waals surface area contributed by atoms with Crippen LogP contribution in [0.5, 0.6) is 11.6 Å². The first-order chi connectivity index (χ1) is 12.0. The number of aliphatic hydroxyl groups excluding tert-OH is 2. The summed E-state index contributed by atoms with van der Waals surface area (Å²) in [6.45, 7) is -0.0627. The zero-order valence-electron chi connectivity index (χ0n) is 13.0. The Balaban J connectivity index is 1.74. The van der Waals surface area contributed by atoms with Gasteiger partial charge in [0.15, 0.2) is 5.69 Å². The lowest BCUT2D eigenvalue weighted by Gasteiger charge is -2.21. The SMILES string of the molecule is O=C(c1ccc(Oc2cccc(Cl)c2Cl)nn1)N1C[C@@H](O)C[C@H]1CO. The van der Waals surface area contributed by atoms with Crippen molar-refractivity contribution in [2.75, 3.05) is 13.2 Å². The standard InChI is InChI=1S/C16H15Cl2N3O4/c17-11-2-1-3-13(15(11)18)25-14-5-4-12(19-20-14)16(24)21-7-10(23)6-9(21)8-22/h1-5,9-10,22-23H,6-8H2/t9-,10-/m0/s1. The average Bonchev–Trinajstić information content (AvgIpc) is 3.00. The second kappa shape index (κ2) is 7.53. The van der Waals surface area contributed by atoms with Gasteiger partial charge in [0.2, 0.25) is 5.88 Å². The molecule has 132 valence electrons. The highest BCUT2D eigenvalue weighted by atomic mass is 35.5. The van der Waals surface area contributed by atoms with Crippen LogP contribution < -0.4 is 4.74 Å². The van der Waals surface area contributed by atoms with Crippen LogP contribution in [0.15, 0.2) is 30.3 Å².